The average Bonchev–Trinajstić information content (AvgIpc) is 2.93. The summed E-state index contributed by atoms with van der Waals surface area (Å²) in [6.45, 7) is 3.76. The minimum absolute atomic E-state index is 0.278. The predicted octanol–water partition coefficient (Wildman–Crippen LogP) is 5.26. The van der Waals surface area contributed by atoms with E-state index in [0.717, 1.165) is 50.5 Å². The summed E-state index contributed by atoms with van der Waals surface area (Å²) in [5.41, 5.74) is 0. The van der Waals surface area contributed by atoms with E-state index in [2.05, 4.69) is 35.1 Å². The number of rotatable bonds is 16. The number of amides is 2. The Hall–Kier alpha value is -0.0300. The van der Waals surface area contributed by atoms with E-state index < -0.39 is 0 Å². The van der Waals surface area contributed by atoms with Gasteiger partial charge in [0.15, 0.2) is 0 Å². The maximum atomic E-state index is 12.4. The molecule has 0 unspecified atom stereocenters. The highest BCUT2D eigenvalue weighted by atomic mass is 32.1. The van der Waals surface area contributed by atoms with Gasteiger partial charge < -0.3 is 9.80 Å². The Bertz CT molecular complexity index is 288. The van der Waals surface area contributed by atoms with Crippen LogP contribution in [0, 0.1) is 0 Å². The van der Waals surface area contributed by atoms with Crippen molar-refractivity contribution in [2.75, 3.05) is 37.7 Å². The van der Waals surface area contributed by atoms with Crippen LogP contribution < -0.4 is 0 Å². The molecule has 1 aliphatic heterocycles. The zero-order valence-electron chi connectivity index (χ0n) is 15.4. The molecule has 24 heavy (non-hydrogen) atoms. The monoisotopic (exact) mass is 374 g/mol. The Kier molecular flexibility index (Phi) is 14.0. The molecule has 0 aliphatic carbocycles. The topological polar surface area (TPSA) is 23.6 Å². The number of carbonyl (C=O) groups is 1. The van der Waals surface area contributed by atoms with Gasteiger partial charge in [0.05, 0.1) is 0 Å². The lowest BCUT2D eigenvalue weighted by molar-refractivity contribution is 0.190. The second-order valence-electron chi connectivity index (χ2n) is 6.95. The predicted molar refractivity (Wildman–Crippen MR) is 112 cm³/mol. The fraction of sp³-hybridized carbons (Fsp3) is 0.947. The molecule has 5 heteroatoms. The van der Waals surface area contributed by atoms with Gasteiger partial charge in [-0.25, -0.2) is 4.79 Å². The highest BCUT2D eigenvalue weighted by Gasteiger charge is 2.26. The third-order valence-electron chi connectivity index (χ3n) is 4.85. The van der Waals surface area contributed by atoms with Gasteiger partial charge in [0.25, 0.3) is 0 Å². The molecular weight excluding hydrogens is 336 g/mol. The van der Waals surface area contributed by atoms with Crippen molar-refractivity contribution in [1.29, 1.82) is 0 Å². The van der Waals surface area contributed by atoms with Gasteiger partial charge in [-0.15, -0.1) is 0 Å². The summed E-state index contributed by atoms with van der Waals surface area (Å²) in [6, 6.07) is 0.278. The van der Waals surface area contributed by atoms with Crippen LogP contribution in [-0.4, -0.2) is 53.5 Å². The Morgan fingerprint density at radius 2 is 0.917 bits per heavy atom. The third kappa shape index (κ3) is 10.1. The lowest BCUT2D eigenvalue weighted by atomic mass is 10.1. The smallest absolute Gasteiger partial charge is 0.320 e. The first kappa shape index (κ1) is 22.0. The van der Waals surface area contributed by atoms with Gasteiger partial charge in [-0.3, -0.25) is 0 Å². The van der Waals surface area contributed by atoms with Crippen LogP contribution in [0.25, 0.3) is 0 Å². The van der Waals surface area contributed by atoms with Gasteiger partial charge in [-0.05, 0) is 37.2 Å². The number of unbranched alkanes of at least 4 members (excludes halogenated alkanes) is 10. The second-order valence-corrected chi connectivity index (χ2v) is 7.84. The maximum absolute atomic E-state index is 12.4. The number of hydrogen-bond acceptors (Lipinski definition) is 3. The summed E-state index contributed by atoms with van der Waals surface area (Å²) in [5, 5.41) is 0. The van der Waals surface area contributed by atoms with E-state index in [1.807, 2.05) is 0 Å². The number of nitrogens with zero attached hydrogens (tertiary/aromatic N) is 2. The second kappa shape index (κ2) is 15.2. The number of thiol groups is 2. The van der Waals surface area contributed by atoms with Crippen molar-refractivity contribution >= 4 is 31.3 Å². The molecule has 2 amide bonds. The van der Waals surface area contributed by atoms with Gasteiger partial charge in [0.2, 0.25) is 0 Å². The van der Waals surface area contributed by atoms with Crippen LogP contribution in [0.1, 0.15) is 77.0 Å². The molecule has 142 valence electrons. The van der Waals surface area contributed by atoms with E-state index in [4.69, 9.17) is 0 Å². The zero-order chi connectivity index (χ0) is 17.5. The van der Waals surface area contributed by atoms with E-state index in [1.54, 1.807) is 0 Å². The Labute approximate surface area is 160 Å². The minimum atomic E-state index is 0.278. The summed E-state index contributed by atoms with van der Waals surface area (Å²) in [6.07, 6.45) is 15.1. The largest absolute Gasteiger partial charge is 0.323 e. The first-order valence-electron chi connectivity index (χ1n) is 10.0. The van der Waals surface area contributed by atoms with E-state index >= 15 is 0 Å². The first-order valence-corrected chi connectivity index (χ1v) is 11.3. The molecule has 0 bridgehead atoms. The van der Waals surface area contributed by atoms with Gasteiger partial charge in [-0.1, -0.05) is 51.4 Å². The van der Waals surface area contributed by atoms with Crippen LogP contribution >= 0.6 is 25.3 Å². The first-order chi connectivity index (χ1) is 11.8. The van der Waals surface area contributed by atoms with Crippen molar-refractivity contribution < 1.29 is 4.79 Å². The van der Waals surface area contributed by atoms with Gasteiger partial charge in [-0.2, -0.15) is 25.3 Å². The fourth-order valence-corrected chi connectivity index (χ4v) is 3.74. The molecule has 0 aromatic carbocycles. The molecule has 0 aromatic rings. The third-order valence-corrected chi connectivity index (χ3v) is 5.49. The standard InChI is InChI=1S/C19H38N2OS2/c22-19-20(13-9-5-1-3-7-11-17-23)15-16-21(19)14-10-6-2-4-8-12-18-24/h23-24H,1-18H2. The molecule has 3 nitrogen and oxygen atoms in total. The molecule has 0 spiro atoms. The van der Waals surface area contributed by atoms with Crippen molar-refractivity contribution in [1.82, 2.24) is 9.80 Å². The van der Waals surface area contributed by atoms with Crippen LogP contribution in [-0.2, 0) is 0 Å². The summed E-state index contributed by atoms with van der Waals surface area (Å²) < 4.78 is 0. The Morgan fingerprint density at radius 3 is 1.29 bits per heavy atom. The summed E-state index contributed by atoms with van der Waals surface area (Å²) in [4.78, 5) is 16.5. The average molecular weight is 375 g/mol. The van der Waals surface area contributed by atoms with Crippen LogP contribution in [0.5, 0.6) is 0 Å². The lowest BCUT2D eigenvalue weighted by Gasteiger charge is -2.18. The lowest BCUT2D eigenvalue weighted by Crippen LogP contribution is -2.33. The maximum Gasteiger partial charge on any atom is 0.320 e. The van der Waals surface area contributed by atoms with E-state index in [1.165, 1.54) is 64.2 Å². The highest BCUT2D eigenvalue weighted by Crippen LogP contribution is 2.14. The molecule has 0 N–H and O–H groups in total. The van der Waals surface area contributed by atoms with Gasteiger partial charge in [0, 0.05) is 26.2 Å². The Morgan fingerprint density at radius 1 is 0.583 bits per heavy atom. The molecule has 1 rings (SSSR count). The van der Waals surface area contributed by atoms with Crippen molar-refractivity contribution in [3.05, 3.63) is 0 Å². The number of carbonyl (C=O) groups excluding carboxylic acids is 1. The van der Waals surface area contributed by atoms with E-state index in [-0.39, 0.29) is 6.03 Å². The quantitative estimate of drug-likeness (QED) is 0.279. The van der Waals surface area contributed by atoms with E-state index in [9.17, 15) is 4.79 Å². The molecule has 0 radical (unpaired) electrons. The minimum Gasteiger partial charge on any atom is -0.323 e. The number of urea groups is 1. The summed E-state index contributed by atoms with van der Waals surface area (Å²) >= 11 is 8.48. The molecule has 0 atom stereocenters. The van der Waals surface area contributed by atoms with Crippen molar-refractivity contribution in [3.63, 3.8) is 0 Å². The summed E-state index contributed by atoms with van der Waals surface area (Å²) in [5.74, 6) is 2.02. The van der Waals surface area contributed by atoms with E-state index in [0.29, 0.717) is 0 Å². The molecule has 0 aromatic heterocycles. The molecule has 1 fully saturated rings. The molecule has 1 aliphatic rings. The van der Waals surface area contributed by atoms with Crippen LogP contribution in [0.15, 0.2) is 0 Å². The van der Waals surface area contributed by atoms with Crippen LogP contribution in [0.4, 0.5) is 4.79 Å². The molecular formula is C19H38N2OS2. The van der Waals surface area contributed by atoms with Gasteiger partial charge >= 0.3 is 6.03 Å². The number of hydrogen-bond donors (Lipinski definition) is 2. The van der Waals surface area contributed by atoms with Crippen molar-refractivity contribution in [3.8, 4) is 0 Å². The van der Waals surface area contributed by atoms with Gasteiger partial charge in [0.1, 0.15) is 0 Å². The van der Waals surface area contributed by atoms with Crippen LogP contribution in [0.2, 0.25) is 0 Å². The normalized spacial score (nSPS) is 14.8. The SMILES string of the molecule is O=C1N(CCCCCCCCS)CCN1CCCCCCCCS. The van der Waals surface area contributed by atoms with Crippen LogP contribution in [0.3, 0.4) is 0 Å². The zero-order valence-corrected chi connectivity index (χ0v) is 17.2. The van der Waals surface area contributed by atoms with Crippen molar-refractivity contribution in [2.24, 2.45) is 0 Å². The molecule has 0 saturated carbocycles. The summed E-state index contributed by atoms with van der Waals surface area (Å²) in [7, 11) is 0. The highest BCUT2D eigenvalue weighted by molar-refractivity contribution is 7.80. The fourth-order valence-electron chi connectivity index (χ4n) is 3.29. The Balaban J connectivity index is 1.98. The molecule has 1 saturated heterocycles. The van der Waals surface area contributed by atoms with Crippen molar-refractivity contribution in [2.45, 2.75) is 77.0 Å². The molecule has 1 heterocycles.